The summed E-state index contributed by atoms with van der Waals surface area (Å²) in [7, 11) is 0. The third-order valence-electron chi connectivity index (χ3n) is 1.73. The summed E-state index contributed by atoms with van der Waals surface area (Å²) < 4.78 is 10.0. The van der Waals surface area contributed by atoms with Crippen LogP contribution in [0.3, 0.4) is 0 Å². The lowest BCUT2D eigenvalue weighted by Gasteiger charge is -2.09. The van der Waals surface area contributed by atoms with Crippen LogP contribution in [0.25, 0.3) is 0 Å². The van der Waals surface area contributed by atoms with Crippen LogP contribution in [0.1, 0.15) is 13.3 Å². The number of aliphatic carboxylic acids is 1. The lowest BCUT2D eigenvalue weighted by atomic mass is 10.0. The maximum atomic E-state index is 10.4. The standard InChI is InChI=1S/C7H12O4/c1-5(7(8)9)2-6-3-10-4-11-6/h5-6H,2-4H2,1H3,(H,8,9)/t5?,6-/m0/s1. The quantitative estimate of drug-likeness (QED) is 0.652. The molecule has 0 bridgehead atoms. The summed E-state index contributed by atoms with van der Waals surface area (Å²) >= 11 is 0. The molecular formula is C7H12O4. The van der Waals surface area contributed by atoms with Crippen molar-refractivity contribution in [3.63, 3.8) is 0 Å². The van der Waals surface area contributed by atoms with Crippen molar-refractivity contribution >= 4 is 5.97 Å². The molecule has 1 N–H and O–H groups in total. The van der Waals surface area contributed by atoms with Gasteiger partial charge in [-0.15, -0.1) is 0 Å². The fourth-order valence-electron chi connectivity index (χ4n) is 1.00. The van der Waals surface area contributed by atoms with Crippen molar-refractivity contribution in [3.05, 3.63) is 0 Å². The van der Waals surface area contributed by atoms with Crippen LogP contribution in [-0.4, -0.2) is 30.6 Å². The van der Waals surface area contributed by atoms with Crippen LogP contribution in [0.2, 0.25) is 0 Å². The Labute approximate surface area is 65.1 Å². The molecule has 0 aromatic rings. The Hall–Kier alpha value is -0.610. The van der Waals surface area contributed by atoms with Gasteiger partial charge in [0.1, 0.15) is 6.79 Å². The predicted octanol–water partition coefficient (Wildman–Crippen LogP) is 0.470. The Bertz CT molecular complexity index is 139. The lowest BCUT2D eigenvalue weighted by Crippen LogP contribution is -2.19. The highest BCUT2D eigenvalue weighted by Gasteiger charge is 2.22. The van der Waals surface area contributed by atoms with E-state index in [9.17, 15) is 4.79 Å². The molecule has 1 fully saturated rings. The molecule has 1 unspecified atom stereocenters. The average Bonchev–Trinajstić information content (AvgIpc) is 2.39. The molecule has 1 aliphatic heterocycles. The van der Waals surface area contributed by atoms with Crippen molar-refractivity contribution in [2.75, 3.05) is 13.4 Å². The molecule has 0 aliphatic carbocycles. The lowest BCUT2D eigenvalue weighted by molar-refractivity contribution is -0.142. The molecule has 11 heavy (non-hydrogen) atoms. The van der Waals surface area contributed by atoms with E-state index in [0.29, 0.717) is 19.8 Å². The van der Waals surface area contributed by atoms with E-state index in [1.807, 2.05) is 0 Å². The summed E-state index contributed by atoms with van der Waals surface area (Å²) in [4.78, 5) is 10.4. The minimum absolute atomic E-state index is 0.0268. The van der Waals surface area contributed by atoms with Crippen LogP contribution in [-0.2, 0) is 14.3 Å². The zero-order valence-electron chi connectivity index (χ0n) is 6.45. The minimum atomic E-state index is -0.777. The molecular weight excluding hydrogens is 148 g/mol. The van der Waals surface area contributed by atoms with E-state index in [0.717, 1.165) is 0 Å². The third-order valence-corrected chi connectivity index (χ3v) is 1.73. The van der Waals surface area contributed by atoms with Gasteiger partial charge in [0.2, 0.25) is 0 Å². The third kappa shape index (κ3) is 2.48. The molecule has 1 saturated heterocycles. The topological polar surface area (TPSA) is 55.8 Å². The van der Waals surface area contributed by atoms with E-state index in [-0.39, 0.29) is 12.0 Å². The molecule has 64 valence electrons. The fraction of sp³-hybridized carbons (Fsp3) is 0.857. The van der Waals surface area contributed by atoms with Crippen molar-refractivity contribution in [3.8, 4) is 0 Å². The normalized spacial score (nSPS) is 26.8. The second kappa shape index (κ2) is 3.69. The first-order valence-corrected chi connectivity index (χ1v) is 3.62. The molecule has 1 aliphatic rings. The number of hydrogen-bond acceptors (Lipinski definition) is 3. The van der Waals surface area contributed by atoms with Crippen molar-refractivity contribution in [2.45, 2.75) is 19.4 Å². The Morgan fingerprint density at radius 3 is 3.00 bits per heavy atom. The Kier molecular flexibility index (Phi) is 2.84. The molecule has 4 nitrogen and oxygen atoms in total. The average molecular weight is 160 g/mol. The molecule has 1 heterocycles. The van der Waals surface area contributed by atoms with Gasteiger partial charge in [0.05, 0.1) is 18.6 Å². The summed E-state index contributed by atoms with van der Waals surface area (Å²) in [5.74, 6) is -1.12. The molecule has 0 spiro atoms. The van der Waals surface area contributed by atoms with Gasteiger partial charge in [-0.3, -0.25) is 4.79 Å². The van der Waals surface area contributed by atoms with Gasteiger partial charge in [0.15, 0.2) is 0 Å². The van der Waals surface area contributed by atoms with Gasteiger partial charge in [-0.1, -0.05) is 6.92 Å². The maximum absolute atomic E-state index is 10.4. The van der Waals surface area contributed by atoms with E-state index in [1.165, 1.54) is 0 Å². The number of rotatable bonds is 3. The summed E-state index contributed by atoms with van der Waals surface area (Å²) in [5, 5.41) is 8.55. The molecule has 0 aromatic heterocycles. The minimum Gasteiger partial charge on any atom is -0.481 e. The number of carboxylic acid groups (broad SMARTS) is 1. The second-order valence-corrected chi connectivity index (χ2v) is 2.75. The molecule has 4 heteroatoms. The number of carboxylic acids is 1. The van der Waals surface area contributed by atoms with E-state index >= 15 is 0 Å². The van der Waals surface area contributed by atoms with E-state index in [2.05, 4.69) is 0 Å². The van der Waals surface area contributed by atoms with Crippen LogP contribution >= 0.6 is 0 Å². The Morgan fingerprint density at radius 1 is 1.82 bits per heavy atom. The van der Waals surface area contributed by atoms with Crippen molar-refractivity contribution < 1.29 is 19.4 Å². The van der Waals surface area contributed by atoms with Gasteiger partial charge in [-0.25, -0.2) is 0 Å². The molecule has 0 radical (unpaired) electrons. The molecule has 0 aromatic carbocycles. The van der Waals surface area contributed by atoms with Gasteiger partial charge in [-0.2, -0.15) is 0 Å². The summed E-state index contributed by atoms with van der Waals surface area (Å²) in [6, 6.07) is 0. The van der Waals surface area contributed by atoms with Gasteiger partial charge in [-0.05, 0) is 6.42 Å². The van der Waals surface area contributed by atoms with Crippen molar-refractivity contribution in [1.29, 1.82) is 0 Å². The van der Waals surface area contributed by atoms with Crippen LogP contribution in [0, 0.1) is 5.92 Å². The number of carbonyl (C=O) groups is 1. The van der Waals surface area contributed by atoms with Crippen molar-refractivity contribution in [1.82, 2.24) is 0 Å². The first kappa shape index (κ1) is 8.49. The number of hydrogen-bond donors (Lipinski definition) is 1. The summed E-state index contributed by atoms with van der Waals surface area (Å²) in [5.41, 5.74) is 0. The summed E-state index contributed by atoms with van der Waals surface area (Å²) in [6.45, 7) is 2.50. The first-order valence-electron chi connectivity index (χ1n) is 3.62. The highest BCUT2D eigenvalue weighted by atomic mass is 16.7. The van der Waals surface area contributed by atoms with Gasteiger partial charge >= 0.3 is 5.97 Å². The van der Waals surface area contributed by atoms with Gasteiger partial charge < -0.3 is 14.6 Å². The monoisotopic (exact) mass is 160 g/mol. The largest absolute Gasteiger partial charge is 0.481 e. The van der Waals surface area contributed by atoms with E-state index in [1.54, 1.807) is 6.92 Å². The molecule has 0 saturated carbocycles. The second-order valence-electron chi connectivity index (χ2n) is 2.75. The molecule has 0 amide bonds. The first-order chi connectivity index (χ1) is 5.20. The van der Waals surface area contributed by atoms with Crippen LogP contribution in [0.15, 0.2) is 0 Å². The molecule has 2 atom stereocenters. The highest BCUT2D eigenvalue weighted by Crippen LogP contribution is 2.13. The maximum Gasteiger partial charge on any atom is 0.306 e. The molecule has 1 rings (SSSR count). The fourth-order valence-corrected chi connectivity index (χ4v) is 1.00. The zero-order valence-corrected chi connectivity index (χ0v) is 6.45. The number of ether oxygens (including phenoxy) is 2. The van der Waals surface area contributed by atoms with E-state index in [4.69, 9.17) is 14.6 Å². The van der Waals surface area contributed by atoms with Gasteiger partial charge in [0.25, 0.3) is 0 Å². The van der Waals surface area contributed by atoms with Crippen LogP contribution < -0.4 is 0 Å². The smallest absolute Gasteiger partial charge is 0.306 e. The van der Waals surface area contributed by atoms with Crippen molar-refractivity contribution in [2.24, 2.45) is 5.92 Å². The van der Waals surface area contributed by atoms with Crippen LogP contribution in [0.4, 0.5) is 0 Å². The Morgan fingerprint density at radius 2 is 2.55 bits per heavy atom. The highest BCUT2D eigenvalue weighted by molar-refractivity contribution is 5.69. The Balaban J connectivity index is 2.23. The predicted molar refractivity (Wildman–Crippen MR) is 37.1 cm³/mol. The summed E-state index contributed by atoms with van der Waals surface area (Å²) in [6.07, 6.45) is 0.510. The SMILES string of the molecule is CC(C[C@H]1COCO1)C(=O)O. The van der Waals surface area contributed by atoms with Crippen LogP contribution in [0.5, 0.6) is 0 Å². The zero-order chi connectivity index (χ0) is 8.27. The van der Waals surface area contributed by atoms with E-state index < -0.39 is 5.97 Å². The van der Waals surface area contributed by atoms with Gasteiger partial charge in [0, 0.05) is 0 Å².